The summed E-state index contributed by atoms with van der Waals surface area (Å²) in [6.45, 7) is 4.10. The van der Waals surface area contributed by atoms with Gasteiger partial charge >= 0.3 is 0 Å². The van der Waals surface area contributed by atoms with E-state index in [0.29, 0.717) is 48.8 Å². The average Bonchev–Trinajstić information content (AvgIpc) is 3.67. The van der Waals surface area contributed by atoms with Crippen molar-refractivity contribution in [2.24, 2.45) is 23.0 Å². The van der Waals surface area contributed by atoms with Crippen LogP contribution in [0.4, 0.5) is 0 Å². The SMILES string of the molecule is CC(=O)O.Cl.NN1CC2CCC(C1)N2C(=O)C1CC1.O=NN1CC2CCC(C1)N2C(=O)C1CC1.[Zn]. The quantitative estimate of drug-likeness (QED) is 0.295. The Bertz CT molecular complexity index is 753. The molecule has 6 rings (SSSR count). The first-order valence-corrected chi connectivity index (χ1v) is 12.2. The van der Waals surface area contributed by atoms with Gasteiger partial charge in [0.2, 0.25) is 11.8 Å². The number of hydrogen-bond donors (Lipinski definition) is 2. The third-order valence-corrected chi connectivity index (χ3v) is 7.45. The van der Waals surface area contributed by atoms with Crippen LogP contribution in [0.25, 0.3) is 0 Å². The summed E-state index contributed by atoms with van der Waals surface area (Å²) in [4.78, 5) is 47.7. The summed E-state index contributed by atoms with van der Waals surface area (Å²) in [5, 5.41) is 13.8. The summed E-state index contributed by atoms with van der Waals surface area (Å²) in [6, 6.07) is 1.31. The smallest absolute Gasteiger partial charge is 0.300 e. The van der Waals surface area contributed by atoms with Gasteiger partial charge in [-0.3, -0.25) is 25.2 Å². The Morgan fingerprint density at radius 1 is 0.743 bits per heavy atom. The number of halogens is 1. The first-order valence-electron chi connectivity index (χ1n) is 12.2. The summed E-state index contributed by atoms with van der Waals surface area (Å²) in [7, 11) is 0. The number of fused-ring (bicyclic) bond motifs is 4. The second-order valence-electron chi connectivity index (χ2n) is 10.2. The molecule has 194 valence electrons. The molecule has 6 fully saturated rings. The molecule has 0 aromatic rings. The van der Waals surface area contributed by atoms with Gasteiger partial charge in [-0.25, -0.2) is 5.01 Å². The fourth-order valence-corrected chi connectivity index (χ4v) is 5.68. The minimum Gasteiger partial charge on any atom is -0.481 e. The summed E-state index contributed by atoms with van der Waals surface area (Å²) in [5.74, 6) is 6.37. The summed E-state index contributed by atoms with van der Waals surface area (Å²) < 4.78 is 0. The van der Waals surface area contributed by atoms with Gasteiger partial charge in [-0.15, -0.1) is 17.3 Å². The Morgan fingerprint density at radius 2 is 1.06 bits per heavy atom. The minimum absolute atomic E-state index is 0. The molecule has 4 bridgehead atoms. The minimum atomic E-state index is -0.833. The molecule has 11 nitrogen and oxygen atoms in total. The summed E-state index contributed by atoms with van der Waals surface area (Å²) in [6.07, 6.45) is 8.72. The van der Waals surface area contributed by atoms with E-state index in [1.807, 2.05) is 9.91 Å². The number of carboxylic acid groups (broad SMARTS) is 1. The molecule has 4 atom stereocenters. The van der Waals surface area contributed by atoms with Crippen molar-refractivity contribution in [1.82, 2.24) is 19.8 Å². The molecule has 2 saturated carbocycles. The van der Waals surface area contributed by atoms with Crippen molar-refractivity contribution in [2.75, 3.05) is 26.2 Å². The number of nitrogens with zero attached hydrogens (tertiary/aromatic N) is 5. The van der Waals surface area contributed by atoms with Crippen LogP contribution in [0.2, 0.25) is 0 Å². The van der Waals surface area contributed by atoms with Crippen molar-refractivity contribution in [3.05, 3.63) is 4.91 Å². The van der Waals surface area contributed by atoms with E-state index in [9.17, 15) is 14.5 Å². The fourth-order valence-electron chi connectivity index (χ4n) is 5.68. The molecular weight excluding hydrogens is 529 g/mol. The Morgan fingerprint density at radius 3 is 1.34 bits per heavy atom. The molecule has 35 heavy (non-hydrogen) atoms. The standard InChI is InChI=1S/C10H15N3O2.C10H17N3O.C2H4O2.ClH.Zn/c14-10(7-1-2-7)13-8-3-4-9(13)6-12(5-8)11-15;11-12-5-8-3-4-9(6-12)13(8)10(14)7-1-2-7;1-2(3)4;;/h7-9H,1-6H2;7-9H,1-6,11H2;1H3,(H,3,4);1H;. The second kappa shape index (κ2) is 12.7. The monoisotopic (exact) mass is 564 g/mol. The molecule has 6 aliphatic rings. The number of carbonyl (C=O) groups excluding carboxylic acids is 2. The number of nitrogens with two attached hydrogens (primary N) is 1. The first kappa shape index (κ1) is 29.9. The summed E-state index contributed by atoms with van der Waals surface area (Å²) in [5.41, 5.74) is 0. The van der Waals surface area contributed by atoms with Crippen LogP contribution in [0.15, 0.2) is 5.29 Å². The molecule has 3 N–H and O–H groups in total. The van der Waals surface area contributed by atoms with Crippen molar-refractivity contribution in [2.45, 2.75) is 82.5 Å². The molecule has 4 unspecified atom stereocenters. The van der Waals surface area contributed by atoms with Crippen molar-refractivity contribution >= 4 is 30.2 Å². The molecule has 2 aliphatic carbocycles. The van der Waals surface area contributed by atoms with Crippen LogP contribution in [0, 0.1) is 16.7 Å². The zero-order valence-electron chi connectivity index (χ0n) is 20.5. The van der Waals surface area contributed by atoms with Gasteiger partial charge in [0.15, 0.2) is 0 Å². The van der Waals surface area contributed by atoms with E-state index in [1.54, 1.807) is 5.01 Å². The third kappa shape index (κ3) is 7.34. The van der Waals surface area contributed by atoms with Gasteiger partial charge in [0.1, 0.15) is 0 Å². The van der Waals surface area contributed by atoms with Gasteiger partial charge in [-0.1, -0.05) is 0 Å². The van der Waals surface area contributed by atoms with E-state index in [0.717, 1.165) is 71.4 Å². The topological polar surface area (TPSA) is 140 Å². The molecule has 0 spiro atoms. The maximum absolute atomic E-state index is 12.0. The third-order valence-electron chi connectivity index (χ3n) is 7.45. The van der Waals surface area contributed by atoms with Crippen LogP contribution in [-0.2, 0) is 33.9 Å². The van der Waals surface area contributed by atoms with Crippen molar-refractivity contribution < 1.29 is 39.0 Å². The summed E-state index contributed by atoms with van der Waals surface area (Å²) >= 11 is 0. The molecule has 2 amide bonds. The predicted octanol–water partition coefficient (Wildman–Crippen LogP) is 1.21. The Balaban J connectivity index is 0.000000205. The van der Waals surface area contributed by atoms with E-state index < -0.39 is 5.97 Å². The van der Waals surface area contributed by atoms with E-state index in [4.69, 9.17) is 15.7 Å². The zero-order chi connectivity index (χ0) is 23.7. The number of nitroso groups, excluding NO2 is 1. The van der Waals surface area contributed by atoms with Crippen LogP contribution in [0.3, 0.4) is 0 Å². The Kier molecular flexibility index (Phi) is 10.9. The van der Waals surface area contributed by atoms with Gasteiger partial charge < -0.3 is 14.9 Å². The number of hydrogen-bond acceptors (Lipinski definition) is 7. The normalized spacial score (nSPS) is 30.5. The number of piperazine rings is 2. The van der Waals surface area contributed by atoms with E-state index in [-0.39, 0.29) is 44.0 Å². The number of carbonyl (C=O) groups is 3. The molecule has 4 heterocycles. The molecule has 0 aromatic carbocycles. The van der Waals surface area contributed by atoms with Gasteiger partial charge in [0, 0.05) is 63.4 Å². The van der Waals surface area contributed by atoms with Gasteiger partial charge in [0.25, 0.3) is 5.97 Å². The Labute approximate surface area is 225 Å². The Hall–Kier alpha value is -1.36. The van der Waals surface area contributed by atoms with Crippen LogP contribution < -0.4 is 5.84 Å². The molecule has 4 saturated heterocycles. The molecule has 0 aromatic heterocycles. The second-order valence-corrected chi connectivity index (χ2v) is 10.2. The number of amides is 2. The number of carboxylic acids is 1. The van der Waals surface area contributed by atoms with Crippen molar-refractivity contribution in [3.8, 4) is 0 Å². The largest absolute Gasteiger partial charge is 0.481 e. The molecule has 13 heteroatoms. The molecule has 0 radical (unpaired) electrons. The van der Waals surface area contributed by atoms with Crippen LogP contribution >= 0.6 is 12.4 Å². The number of rotatable bonds is 3. The van der Waals surface area contributed by atoms with Crippen LogP contribution in [0.1, 0.15) is 58.3 Å². The number of hydrazine groups is 1. The zero-order valence-corrected chi connectivity index (χ0v) is 24.2. The van der Waals surface area contributed by atoms with Crippen molar-refractivity contribution in [3.63, 3.8) is 0 Å². The van der Waals surface area contributed by atoms with E-state index in [1.165, 1.54) is 0 Å². The average molecular weight is 566 g/mol. The van der Waals surface area contributed by atoms with E-state index >= 15 is 0 Å². The van der Waals surface area contributed by atoms with Gasteiger partial charge in [0.05, 0.1) is 30.5 Å². The van der Waals surface area contributed by atoms with Gasteiger partial charge in [-0.05, 0) is 51.4 Å². The van der Waals surface area contributed by atoms with Crippen molar-refractivity contribution in [1.29, 1.82) is 0 Å². The molecular formula is C22H37ClN6O5Zn. The van der Waals surface area contributed by atoms with Crippen LogP contribution in [-0.4, -0.2) is 93.1 Å². The number of aliphatic carboxylic acids is 1. The maximum Gasteiger partial charge on any atom is 0.300 e. The van der Waals surface area contributed by atoms with Gasteiger partial charge in [-0.2, -0.15) is 0 Å². The first-order chi connectivity index (χ1) is 15.8. The molecule has 4 aliphatic heterocycles. The fraction of sp³-hybridized carbons (Fsp3) is 0.864. The maximum atomic E-state index is 12.0. The predicted molar refractivity (Wildman–Crippen MR) is 126 cm³/mol. The van der Waals surface area contributed by atoms with E-state index in [2.05, 4.69) is 10.2 Å². The van der Waals surface area contributed by atoms with Crippen LogP contribution in [0.5, 0.6) is 0 Å².